The number of fused-ring (bicyclic) bond motifs is 1. The molecule has 0 radical (unpaired) electrons. The first-order chi connectivity index (χ1) is 13.5. The van der Waals surface area contributed by atoms with Crippen LogP contribution >= 0.6 is 0 Å². The van der Waals surface area contributed by atoms with Gasteiger partial charge in [0.2, 0.25) is 0 Å². The number of amides is 2. The van der Waals surface area contributed by atoms with Crippen molar-refractivity contribution in [1.29, 1.82) is 0 Å². The van der Waals surface area contributed by atoms with E-state index in [0.717, 1.165) is 25.1 Å². The van der Waals surface area contributed by atoms with Crippen LogP contribution in [0.3, 0.4) is 0 Å². The minimum Gasteiger partial charge on any atom is -0.489 e. The number of hydrogen-bond acceptors (Lipinski definition) is 5. The van der Waals surface area contributed by atoms with E-state index in [4.69, 9.17) is 9.47 Å². The van der Waals surface area contributed by atoms with E-state index in [1.165, 1.54) is 4.90 Å². The lowest BCUT2D eigenvalue weighted by molar-refractivity contribution is -0.120. The van der Waals surface area contributed by atoms with Crippen LogP contribution in [0.15, 0.2) is 30.3 Å². The molecule has 4 rings (SSSR count). The van der Waals surface area contributed by atoms with Crippen molar-refractivity contribution in [2.45, 2.75) is 38.5 Å². The van der Waals surface area contributed by atoms with Gasteiger partial charge < -0.3 is 19.7 Å². The molecule has 2 amide bonds. The van der Waals surface area contributed by atoms with Gasteiger partial charge in [0.05, 0.1) is 18.3 Å². The molecule has 8 heteroatoms. The summed E-state index contributed by atoms with van der Waals surface area (Å²) < 4.78 is 13.2. The van der Waals surface area contributed by atoms with Gasteiger partial charge >= 0.3 is 0 Å². The number of rotatable bonds is 4. The van der Waals surface area contributed by atoms with Crippen molar-refractivity contribution >= 4 is 17.5 Å². The van der Waals surface area contributed by atoms with Crippen molar-refractivity contribution in [3.63, 3.8) is 0 Å². The Morgan fingerprint density at radius 1 is 1.36 bits per heavy atom. The molecule has 1 unspecified atom stereocenters. The maximum atomic E-state index is 12.8. The summed E-state index contributed by atoms with van der Waals surface area (Å²) in [6, 6.07) is 8.25. The third-order valence-corrected chi connectivity index (χ3v) is 5.18. The first-order valence-corrected chi connectivity index (χ1v) is 9.49. The Balaban J connectivity index is 1.45. The second-order valence-corrected chi connectivity index (χ2v) is 7.19. The molecule has 148 valence electrons. The molecule has 0 aliphatic carbocycles. The standard InChI is InChI=1S/C20H24N4O4/c1-13-10-15(22-24(13)11-14-6-5-9-27-14)19(25)21-16-12-28-18-8-4-3-7-17(18)23(2)20(16)26/h3-4,7-8,10,14,16H,5-6,9,11-12H2,1-2H3,(H,21,25)/t14?,16-/m0/s1. The molecule has 3 heterocycles. The SMILES string of the molecule is Cc1cc(C(=O)N[C@H]2COc3ccccc3N(C)C2=O)nn1CC1CCCO1. The predicted molar refractivity (Wildman–Crippen MR) is 103 cm³/mol. The Morgan fingerprint density at radius 2 is 2.18 bits per heavy atom. The largest absolute Gasteiger partial charge is 0.489 e. The van der Waals surface area contributed by atoms with Gasteiger partial charge in [0.1, 0.15) is 24.1 Å². The Morgan fingerprint density at radius 3 is 2.96 bits per heavy atom. The highest BCUT2D eigenvalue weighted by Gasteiger charge is 2.31. The lowest BCUT2D eigenvalue weighted by Crippen LogP contribution is -2.49. The van der Waals surface area contributed by atoms with Gasteiger partial charge in [-0.15, -0.1) is 0 Å². The second kappa shape index (κ2) is 7.63. The topological polar surface area (TPSA) is 85.7 Å². The first-order valence-electron chi connectivity index (χ1n) is 9.49. The monoisotopic (exact) mass is 384 g/mol. The number of anilines is 1. The van der Waals surface area contributed by atoms with E-state index >= 15 is 0 Å². The van der Waals surface area contributed by atoms with Gasteiger partial charge in [-0.05, 0) is 38.0 Å². The average Bonchev–Trinajstić information content (AvgIpc) is 3.32. The van der Waals surface area contributed by atoms with Crippen molar-refractivity contribution < 1.29 is 19.1 Å². The molecule has 1 aromatic carbocycles. The summed E-state index contributed by atoms with van der Waals surface area (Å²) >= 11 is 0. The number of hydrogen-bond donors (Lipinski definition) is 1. The maximum absolute atomic E-state index is 12.8. The molecule has 1 fully saturated rings. The highest BCUT2D eigenvalue weighted by molar-refractivity contribution is 6.02. The van der Waals surface area contributed by atoms with Crippen LogP contribution in [0.2, 0.25) is 0 Å². The number of aromatic nitrogens is 2. The number of likely N-dealkylation sites (N-methyl/N-ethyl adjacent to an activating group) is 1. The molecule has 2 aliphatic heterocycles. The molecule has 28 heavy (non-hydrogen) atoms. The third-order valence-electron chi connectivity index (χ3n) is 5.18. The number of benzene rings is 1. The van der Waals surface area contributed by atoms with Gasteiger partial charge in [-0.2, -0.15) is 5.10 Å². The normalized spacial score (nSPS) is 21.8. The number of carbonyl (C=O) groups excluding carboxylic acids is 2. The van der Waals surface area contributed by atoms with Gasteiger partial charge in [0.15, 0.2) is 0 Å². The predicted octanol–water partition coefficient (Wildman–Crippen LogP) is 1.52. The smallest absolute Gasteiger partial charge is 0.272 e. The Hall–Kier alpha value is -2.87. The fraction of sp³-hybridized carbons (Fsp3) is 0.450. The van der Waals surface area contributed by atoms with Gasteiger partial charge in [-0.3, -0.25) is 14.3 Å². The van der Waals surface area contributed by atoms with Crippen LogP contribution in [0, 0.1) is 6.92 Å². The van der Waals surface area contributed by atoms with E-state index in [1.807, 2.05) is 25.1 Å². The van der Waals surface area contributed by atoms with Crippen molar-refractivity contribution in [2.24, 2.45) is 0 Å². The molecule has 8 nitrogen and oxygen atoms in total. The van der Waals surface area contributed by atoms with Crippen molar-refractivity contribution in [3.8, 4) is 5.75 Å². The minimum atomic E-state index is -0.784. The van der Waals surface area contributed by atoms with Crippen molar-refractivity contribution in [1.82, 2.24) is 15.1 Å². The molecule has 1 aromatic heterocycles. The minimum absolute atomic E-state index is 0.0710. The highest BCUT2D eigenvalue weighted by atomic mass is 16.5. The first kappa shape index (κ1) is 18.5. The lowest BCUT2D eigenvalue weighted by Gasteiger charge is -2.20. The molecular formula is C20H24N4O4. The zero-order valence-corrected chi connectivity index (χ0v) is 16.1. The van der Waals surface area contributed by atoms with E-state index in [9.17, 15) is 9.59 Å². The van der Waals surface area contributed by atoms with Crippen LogP contribution in [0.4, 0.5) is 5.69 Å². The van der Waals surface area contributed by atoms with E-state index in [-0.39, 0.29) is 24.3 Å². The fourth-order valence-corrected chi connectivity index (χ4v) is 3.58. The van der Waals surface area contributed by atoms with Crippen LogP contribution in [0.1, 0.15) is 29.0 Å². The van der Waals surface area contributed by atoms with Crippen LogP contribution in [0.5, 0.6) is 5.75 Å². The third kappa shape index (κ3) is 3.60. The van der Waals surface area contributed by atoms with Gasteiger partial charge in [-0.1, -0.05) is 12.1 Å². The van der Waals surface area contributed by atoms with Crippen molar-refractivity contribution in [2.75, 3.05) is 25.2 Å². The van der Waals surface area contributed by atoms with Crippen molar-refractivity contribution in [3.05, 3.63) is 41.7 Å². The zero-order valence-electron chi connectivity index (χ0n) is 16.1. The molecule has 0 spiro atoms. The molecule has 2 aliphatic rings. The summed E-state index contributed by atoms with van der Waals surface area (Å²) in [7, 11) is 1.68. The summed E-state index contributed by atoms with van der Waals surface area (Å²) in [5, 5.41) is 7.17. The summed E-state index contributed by atoms with van der Waals surface area (Å²) in [5.41, 5.74) is 1.85. The molecule has 1 N–H and O–H groups in total. The molecular weight excluding hydrogens is 360 g/mol. The molecule has 0 saturated carbocycles. The fourth-order valence-electron chi connectivity index (χ4n) is 3.58. The van der Waals surface area contributed by atoms with Crippen LogP contribution < -0.4 is 15.0 Å². The van der Waals surface area contributed by atoms with E-state index in [0.29, 0.717) is 18.0 Å². The highest BCUT2D eigenvalue weighted by Crippen LogP contribution is 2.29. The Labute approximate surface area is 163 Å². The summed E-state index contributed by atoms with van der Waals surface area (Å²) in [5.74, 6) is -0.00362. The number of aryl methyl sites for hydroxylation is 1. The number of carbonyl (C=O) groups is 2. The molecule has 0 bridgehead atoms. The number of nitrogens with zero attached hydrogens (tertiary/aromatic N) is 3. The van der Waals surface area contributed by atoms with E-state index in [2.05, 4.69) is 10.4 Å². The summed E-state index contributed by atoms with van der Waals surface area (Å²) in [4.78, 5) is 27.0. The van der Waals surface area contributed by atoms with Crippen LogP contribution in [0.25, 0.3) is 0 Å². The number of ether oxygens (including phenoxy) is 2. The van der Waals surface area contributed by atoms with Gasteiger partial charge in [0.25, 0.3) is 11.8 Å². The summed E-state index contributed by atoms with van der Waals surface area (Å²) in [6.45, 7) is 3.38. The quantitative estimate of drug-likeness (QED) is 0.864. The lowest BCUT2D eigenvalue weighted by atomic mass is 10.2. The molecule has 1 saturated heterocycles. The Kier molecular flexibility index (Phi) is 5.04. The second-order valence-electron chi connectivity index (χ2n) is 7.19. The van der Waals surface area contributed by atoms with E-state index in [1.54, 1.807) is 23.9 Å². The number of para-hydroxylation sites is 2. The van der Waals surface area contributed by atoms with Crippen LogP contribution in [-0.4, -0.2) is 54.0 Å². The molecule has 2 aromatic rings. The average molecular weight is 384 g/mol. The summed E-state index contributed by atoms with van der Waals surface area (Å²) in [6.07, 6.45) is 2.19. The van der Waals surface area contributed by atoms with Gasteiger partial charge in [-0.25, -0.2) is 0 Å². The zero-order chi connectivity index (χ0) is 19.7. The molecule has 2 atom stereocenters. The van der Waals surface area contributed by atoms with E-state index < -0.39 is 11.9 Å². The van der Waals surface area contributed by atoms with Gasteiger partial charge in [0, 0.05) is 19.3 Å². The maximum Gasteiger partial charge on any atom is 0.272 e. The van der Waals surface area contributed by atoms with Crippen LogP contribution in [-0.2, 0) is 16.1 Å². The Bertz CT molecular complexity index is 888. The number of nitrogens with one attached hydrogen (secondary N) is 1.